The van der Waals surface area contributed by atoms with E-state index in [4.69, 9.17) is 4.74 Å². The molecule has 0 radical (unpaired) electrons. The van der Waals surface area contributed by atoms with E-state index in [0.717, 1.165) is 25.7 Å². The Morgan fingerprint density at radius 1 is 1.16 bits per heavy atom. The van der Waals surface area contributed by atoms with Crippen molar-refractivity contribution < 1.29 is 4.74 Å². The van der Waals surface area contributed by atoms with Crippen LogP contribution >= 0.6 is 35.7 Å². The van der Waals surface area contributed by atoms with Crippen molar-refractivity contribution in [1.29, 1.82) is 0 Å². The smallest absolute Gasteiger partial charge is 0.191 e. The zero-order valence-electron chi connectivity index (χ0n) is 15.6. The van der Waals surface area contributed by atoms with Crippen LogP contribution in [0.5, 0.6) is 0 Å². The zero-order chi connectivity index (χ0) is 16.7. The van der Waals surface area contributed by atoms with E-state index in [1.54, 1.807) is 0 Å². The number of aliphatic imine (C=N–C) groups is 1. The highest BCUT2D eigenvalue weighted by atomic mass is 127. The molecule has 3 rings (SSSR count). The molecule has 0 aromatic heterocycles. The van der Waals surface area contributed by atoms with Gasteiger partial charge in [-0.05, 0) is 25.7 Å². The predicted molar refractivity (Wildman–Crippen MR) is 118 cm³/mol. The molecule has 0 aromatic rings. The van der Waals surface area contributed by atoms with Crippen LogP contribution in [0.1, 0.15) is 44.9 Å². The summed E-state index contributed by atoms with van der Waals surface area (Å²) in [4.78, 5) is 7.19. The van der Waals surface area contributed by atoms with Gasteiger partial charge in [0.05, 0.1) is 6.10 Å². The molecule has 0 amide bonds. The number of nitrogens with one attached hydrogen (secondary N) is 2. The Bertz CT molecular complexity index is 406. The average Bonchev–Trinajstić information content (AvgIpc) is 3.17. The van der Waals surface area contributed by atoms with Gasteiger partial charge in [0, 0.05) is 56.9 Å². The summed E-state index contributed by atoms with van der Waals surface area (Å²) in [5.41, 5.74) is 0.334. The number of hydrogen-bond acceptors (Lipinski definition) is 4. The van der Waals surface area contributed by atoms with Gasteiger partial charge >= 0.3 is 0 Å². The maximum Gasteiger partial charge on any atom is 0.191 e. The van der Waals surface area contributed by atoms with Crippen molar-refractivity contribution in [2.24, 2.45) is 4.99 Å². The SMILES string of the molecule is CN=C(NCC1CCCO1)NCC1(N2CCSCC2)CCCCC1.I. The van der Waals surface area contributed by atoms with Crippen LogP contribution in [0.25, 0.3) is 0 Å². The first-order valence-electron chi connectivity index (χ1n) is 9.71. The Kier molecular flexibility index (Phi) is 9.65. The number of thioether (sulfide) groups is 1. The second-order valence-electron chi connectivity index (χ2n) is 7.33. The van der Waals surface area contributed by atoms with Crippen LogP contribution in [0.4, 0.5) is 0 Å². The molecule has 25 heavy (non-hydrogen) atoms. The fourth-order valence-electron chi connectivity index (χ4n) is 4.34. The van der Waals surface area contributed by atoms with Crippen LogP contribution in [0.3, 0.4) is 0 Å². The highest BCUT2D eigenvalue weighted by molar-refractivity contribution is 14.0. The van der Waals surface area contributed by atoms with Crippen LogP contribution in [0.15, 0.2) is 4.99 Å². The van der Waals surface area contributed by atoms with Gasteiger partial charge in [-0.2, -0.15) is 11.8 Å². The quantitative estimate of drug-likeness (QED) is 0.359. The van der Waals surface area contributed by atoms with Crippen molar-refractivity contribution in [2.75, 3.05) is 51.3 Å². The van der Waals surface area contributed by atoms with Crippen LogP contribution < -0.4 is 10.6 Å². The lowest BCUT2D eigenvalue weighted by Crippen LogP contribution is -2.60. The van der Waals surface area contributed by atoms with E-state index in [-0.39, 0.29) is 24.0 Å². The Morgan fingerprint density at radius 3 is 2.56 bits per heavy atom. The molecule has 1 saturated carbocycles. The number of guanidine groups is 1. The molecular weight excluding hydrogens is 447 g/mol. The standard InChI is InChI=1S/C18H34N4OS.HI/c1-19-17(20-14-16-6-5-11-23-16)21-15-18(7-3-2-4-8-18)22-9-12-24-13-10-22;/h16H,2-15H2,1H3,(H2,19,20,21);1H. The van der Waals surface area contributed by atoms with E-state index >= 15 is 0 Å². The number of ether oxygens (including phenoxy) is 1. The lowest BCUT2D eigenvalue weighted by molar-refractivity contribution is 0.0624. The summed E-state index contributed by atoms with van der Waals surface area (Å²) in [7, 11) is 1.87. The van der Waals surface area contributed by atoms with Crippen LogP contribution in [-0.4, -0.2) is 73.8 Å². The highest BCUT2D eigenvalue weighted by Crippen LogP contribution is 2.34. The second-order valence-corrected chi connectivity index (χ2v) is 8.55. The molecule has 2 saturated heterocycles. The summed E-state index contributed by atoms with van der Waals surface area (Å²) >= 11 is 2.10. The maximum absolute atomic E-state index is 5.70. The predicted octanol–water partition coefficient (Wildman–Crippen LogP) is 2.70. The van der Waals surface area contributed by atoms with Crippen LogP contribution in [0.2, 0.25) is 0 Å². The molecule has 146 valence electrons. The molecule has 2 N–H and O–H groups in total. The molecule has 2 heterocycles. The van der Waals surface area contributed by atoms with Crippen LogP contribution in [-0.2, 0) is 4.74 Å². The molecule has 7 heteroatoms. The molecule has 1 unspecified atom stereocenters. The monoisotopic (exact) mass is 482 g/mol. The summed E-state index contributed by atoms with van der Waals surface area (Å²) in [6.07, 6.45) is 9.50. The van der Waals surface area contributed by atoms with Crippen molar-refractivity contribution in [3.63, 3.8) is 0 Å². The third kappa shape index (κ3) is 6.14. The molecule has 0 bridgehead atoms. The van der Waals surface area contributed by atoms with Gasteiger partial charge in [-0.25, -0.2) is 0 Å². The van der Waals surface area contributed by atoms with Gasteiger partial charge in [-0.15, -0.1) is 24.0 Å². The molecule has 3 fully saturated rings. The summed E-state index contributed by atoms with van der Waals surface area (Å²) in [5, 5.41) is 7.10. The van der Waals surface area contributed by atoms with Gasteiger partial charge in [-0.3, -0.25) is 9.89 Å². The Hall–Kier alpha value is 0.270. The topological polar surface area (TPSA) is 48.9 Å². The van der Waals surface area contributed by atoms with E-state index < -0.39 is 0 Å². The molecule has 2 aliphatic heterocycles. The zero-order valence-corrected chi connectivity index (χ0v) is 18.7. The van der Waals surface area contributed by atoms with Crippen LogP contribution in [0, 0.1) is 0 Å². The average molecular weight is 482 g/mol. The fourth-order valence-corrected chi connectivity index (χ4v) is 5.24. The fraction of sp³-hybridized carbons (Fsp3) is 0.944. The molecular formula is C18H35IN4OS. The van der Waals surface area contributed by atoms with Gasteiger partial charge in [0.25, 0.3) is 0 Å². The number of hydrogen-bond donors (Lipinski definition) is 2. The second kappa shape index (κ2) is 11.2. The third-order valence-corrected chi connectivity index (χ3v) is 6.74. The van der Waals surface area contributed by atoms with E-state index in [1.807, 2.05) is 7.05 Å². The van der Waals surface area contributed by atoms with E-state index in [9.17, 15) is 0 Å². The minimum absolute atomic E-state index is 0. The van der Waals surface area contributed by atoms with Crippen molar-refractivity contribution in [2.45, 2.75) is 56.6 Å². The maximum atomic E-state index is 5.70. The van der Waals surface area contributed by atoms with Gasteiger partial charge in [0.2, 0.25) is 0 Å². The van der Waals surface area contributed by atoms with Crippen molar-refractivity contribution in [3.8, 4) is 0 Å². The van der Waals surface area contributed by atoms with Crippen molar-refractivity contribution in [1.82, 2.24) is 15.5 Å². The minimum Gasteiger partial charge on any atom is -0.376 e. The summed E-state index contributed by atoms with van der Waals surface area (Å²) < 4.78 is 5.70. The lowest BCUT2D eigenvalue weighted by Gasteiger charge is -2.48. The largest absolute Gasteiger partial charge is 0.376 e. The van der Waals surface area contributed by atoms with Crippen molar-refractivity contribution in [3.05, 3.63) is 0 Å². The van der Waals surface area contributed by atoms with Crippen molar-refractivity contribution >= 4 is 41.7 Å². The normalized spacial score (nSPS) is 27.6. The third-order valence-electron chi connectivity index (χ3n) is 5.80. The van der Waals surface area contributed by atoms with Gasteiger partial charge < -0.3 is 15.4 Å². The Balaban J connectivity index is 0.00000225. The minimum atomic E-state index is 0. The molecule has 1 aliphatic carbocycles. The number of nitrogens with zero attached hydrogens (tertiary/aromatic N) is 2. The summed E-state index contributed by atoms with van der Waals surface area (Å²) in [6, 6.07) is 0. The Labute approximate surface area is 174 Å². The summed E-state index contributed by atoms with van der Waals surface area (Å²) in [5.74, 6) is 3.50. The molecule has 3 aliphatic rings. The number of halogens is 1. The van der Waals surface area contributed by atoms with Gasteiger partial charge in [-0.1, -0.05) is 19.3 Å². The first-order valence-corrected chi connectivity index (χ1v) is 10.9. The molecule has 0 aromatic carbocycles. The first-order chi connectivity index (χ1) is 11.8. The lowest BCUT2D eigenvalue weighted by atomic mass is 9.80. The van der Waals surface area contributed by atoms with E-state index in [0.29, 0.717) is 11.6 Å². The molecule has 0 spiro atoms. The number of rotatable bonds is 5. The molecule has 5 nitrogen and oxygen atoms in total. The Morgan fingerprint density at radius 2 is 1.92 bits per heavy atom. The van der Waals surface area contributed by atoms with Gasteiger partial charge in [0.15, 0.2) is 5.96 Å². The van der Waals surface area contributed by atoms with E-state index in [2.05, 4.69) is 32.3 Å². The van der Waals surface area contributed by atoms with Gasteiger partial charge in [0.1, 0.15) is 0 Å². The highest BCUT2D eigenvalue weighted by Gasteiger charge is 2.38. The van der Waals surface area contributed by atoms with E-state index in [1.165, 1.54) is 69.5 Å². The first kappa shape index (κ1) is 21.6. The molecule has 1 atom stereocenters. The summed E-state index contributed by atoms with van der Waals surface area (Å²) in [6.45, 7) is 5.28.